The standard InChI is InChI=1S/C16H12FNO2S/c1-9-12(3-2-4-13(9)19)18-16(20)15-7-10-5-6-11(17)8-14(10)21-15/h2-8,19H,1H3,(H,18,20). The van der Waals surface area contributed by atoms with Gasteiger partial charge in [-0.25, -0.2) is 4.39 Å². The molecule has 1 amide bonds. The van der Waals surface area contributed by atoms with Gasteiger partial charge in [-0.3, -0.25) is 4.79 Å². The number of rotatable bonds is 2. The van der Waals surface area contributed by atoms with E-state index in [1.807, 2.05) is 0 Å². The van der Waals surface area contributed by atoms with Crippen molar-refractivity contribution in [2.24, 2.45) is 0 Å². The van der Waals surface area contributed by atoms with Gasteiger partial charge in [0.25, 0.3) is 5.91 Å². The second-order valence-corrected chi connectivity index (χ2v) is 5.78. The van der Waals surface area contributed by atoms with E-state index in [1.54, 1.807) is 37.3 Å². The van der Waals surface area contributed by atoms with E-state index in [9.17, 15) is 14.3 Å². The van der Waals surface area contributed by atoms with E-state index in [0.717, 1.165) is 10.1 Å². The Morgan fingerprint density at radius 3 is 2.86 bits per heavy atom. The summed E-state index contributed by atoms with van der Waals surface area (Å²) in [6, 6.07) is 11.1. The summed E-state index contributed by atoms with van der Waals surface area (Å²) in [6.07, 6.45) is 0. The molecule has 0 saturated carbocycles. The Kier molecular flexibility index (Phi) is 3.35. The van der Waals surface area contributed by atoms with Crippen LogP contribution in [0.4, 0.5) is 10.1 Å². The molecule has 5 heteroatoms. The maximum absolute atomic E-state index is 13.2. The zero-order chi connectivity index (χ0) is 15.0. The van der Waals surface area contributed by atoms with E-state index in [2.05, 4.69) is 5.32 Å². The number of carbonyl (C=O) groups is 1. The molecule has 0 atom stereocenters. The van der Waals surface area contributed by atoms with Crippen LogP contribution in [-0.2, 0) is 0 Å². The molecule has 21 heavy (non-hydrogen) atoms. The van der Waals surface area contributed by atoms with Gasteiger partial charge in [-0.2, -0.15) is 0 Å². The van der Waals surface area contributed by atoms with Gasteiger partial charge in [-0.15, -0.1) is 11.3 Å². The van der Waals surface area contributed by atoms with Crippen molar-refractivity contribution in [3.05, 3.63) is 58.7 Å². The number of benzene rings is 2. The summed E-state index contributed by atoms with van der Waals surface area (Å²) in [5.74, 6) is -0.461. The van der Waals surface area contributed by atoms with Crippen LogP contribution in [0, 0.1) is 12.7 Å². The first-order valence-corrected chi connectivity index (χ1v) is 7.15. The number of halogens is 1. The fraction of sp³-hybridized carbons (Fsp3) is 0.0625. The lowest BCUT2D eigenvalue weighted by Crippen LogP contribution is -2.10. The minimum Gasteiger partial charge on any atom is -0.508 e. The molecule has 0 spiro atoms. The predicted molar refractivity (Wildman–Crippen MR) is 82.6 cm³/mol. The van der Waals surface area contributed by atoms with Gasteiger partial charge < -0.3 is 10.4 Å². The number of hydrogen-bond acceptors (Lipinski definition) is 3. The van der Waals surface area contributed by atoms with E-state index in [-0.39, 0.29) is 17.5 Å². The molecule has 106 valence electrons. The van der Waals surface area contributed by atoms with Crippen LogP contribution in [0.25, 0.3) is 10.1 Å². The Hall–Kier alpha value is -2.40. The molecule has 0 bridgehead atoms. The number of anilines is 1. The molecular formula is C16H12FNO2S. The van der Waals surface area contributed by atoms with Crippen molar-refractivity contribution in [2.45, 2.75) is 6.92 Å². The topological polar surface area (TPSA) is 49.3 Å². The number of fused-ring (bicyclic) bond motifs is 1. The van der Waals surface area contributed by atoms with Crippen LogP contribution < -0.4 is 5.32 Å². The van der Waals surface area contributed by atoms with Crippen molar-refractivity contribution in [3.63, 3.8) is 0 Å². The van der Waals surface area contributed by atoms with Crippen LogP contribution in [0.3, 0.4) is 0 Å². The predicted octanol–water partition coefficient (Wildman–Crippen LogP) is 4.31. The first kappa shape index (κ1) is 13.6. The lowest BCUT2D eigenvalue weighted by atomic mass is 10.2. The number of thiophene rings is 1. The summed E-state index contributed by atoms with van der Waals surface area (Å²) < 4.78 is 13.9. The Balaban J connectivity index is 1.91. The maximum Gasteiger partial charge on any atom is 0.265 e. The molecule has 0 fully saturated rings. The second-order valence-electron chi connectivity index (χ2n) is 4.70. The van der Waals surface area contributed by atoms with Crippen LogP contribution in [0.2, 0.25) is 0 Å². The second kappa shape index (κ2) is 5.18. The summed E-state index contributed by atoms with van der Waals surface area (Å²) in [4.78, 5) is 12.8. The lowest BCUT2D eigenvalue weighted by molar-refractivity contribution is 0.103. The molecule has 1 aromatic heterocycles. The molecular weight excluding hydrogens is 289 g/mol. The molecule has 0 unspecified atom stereocenters. The SMILES string of the molecule is Cc1c(O)cccc1NC(=O)c1cc2ccc(F)cc2s1. The molecule has 0 radical (unpaired) electrons. The highest BCUT2D eigenvalue weighted by Gasteiger charge is 2.13. The fourth-order valence-electron chi connectivity index (χ4n) is 2.06. The molecule has 3 aromatic rings. The zero-order valence-electron chi connectivity index (χ0n) is 11.2. The van der Waals surface area contributed by atoms with Crippen molar-refractivity contribution in [3.8, 4) is 5.75 Å². The van der Waals surface area contributed by atoms with Gasteiger partial charge in [-0.1, -0.05) is 12.1 Å². The fourth-order valence-corrected chi connectivity index (χ4v) is 3.04. The highest BCUT2D eigenvalue weighted by Crippen LogP contribution is 2.28. The van der Waals surface area contributed by atoms with Gasteiger partial charge in [0, 0.05) is 16.0 Å². The third kappa shape index (κ3) is 2.60. The monoisotopic (exact) mass is 301 g/mol. The third-order valence-corrected chi connectivity index (χ3v) is 4.36. The molecule has 0 aliphatic heterocycles. The van der Waals surface area contributed by atoms with E-state index < -0.39 is 0 Å². The normalized spacial score (nSPS) is 10.8. The Bertz CT molecular complexity index is 841. The largest absolute Gasteiger partial charge is 0.508 e. The highest BCUT2D eigenvalue weighted by atomic mass is 32.1. The van der Waals surface area contributed by atoms with Gasteiger partial charge in [0.1, 0.15) is 11.6 Å². The summed E-state index contributed by atoms with van der Waals surface area (Å²) >= 11 is 1.23. The minimum atomic E-state index is -0.319. The van der Waals surface area contributed by atoms with Crippen molar-refractivity contribution < 1.29 is 14.3 Å². The zero-order valence-corrected chi connectivity index (χ0v) is 12.0. The molecule has 0 aliphatic carbocycles. The average Bonchev–Trinajstić information content (AvgIpc) is 2.87. The Morgan fingerprint density at radius 2 is 2.05 bits per heavy atom. The van der Waals surface area contributed by atoms with Crippen LogP contribution >= 0.6 is 11.3 Å². The summed E-state index contributed by atoms with van der Waals surface area (Å²) in [6.45, 7) is 1.73. The first-order valence-electron chi connectivity index (χ1n) is 6.33. The van der Waals surface area contributed by atoms with Crippen molar-refractivity contribution >= 4 is 33.0 Å². The van der Waals surface area contributed by atoms with Crippen molar-refractivity contribution in [2.75, 3.05) is 5.32 Å². The lowest BCUT2D eigenvalue weighted by Gasteiger charge is -2.08. The number of nitrogens with one attached hydrogen (secondary N) is 1. The number of carbonyl (C=O) groups excluding carboxylic acids is 1. The first-order chi connectivity index (χ1) is 10.0. The number of phenols is 1. The highest BCUT2D eigenvalue weighted by molar-refractivity contribution is 7.20. The summed E-state index contributed by atoms with van der Waals surface area (Å²) in [7, 11) is 0. The third-order valence-electron chi connectivity index (χ3n) is 3.26. The van der Waals surface area contributed by atoms with Crippen molar-refractivity contribution in [1.29, 1.82) is 0 Å². The number of amides is 1. The molecule has 1 heterocycles. The maximum atomic E-state index is 13.2. The van der Waals surface area contributed by atoms with Gasteiger partial charge >= 0.3 is 0 Å². The van der Waals surface area contributed by atoms with Gasteiger partial charge in [0.2, 0.25) is 0 Å². The summed E-state index contributed by atoms with van der Waals surface area (Å²) in [5, 5.41) is 13.2. The molecule has 2 aromatic carbocycles. The van der Waals surface area contributed by atoms with Crippen LogP contribution in [0.1, 0.15) is 15.2 Å². The molecule has 0 aliphatic rings. The van der Waals surface area contributed by atoms with E-state index in [1.165, 1.54) is 23.5 Å². The quantitative estimate of drug-likeness (QED) is 0.741. The van der Waals surface area contributed by atoms with E-state index in [4.69, 9.17) is 0 Å². The van der Waals surface area contributed by atoms with Gasteiger partial charge in [0.15, 0.2) is 0 Å². The number of phenolic OH excluding ortho intramolecular Hbond substituents is 1. The van der Waals surface area contributed by atoms with Crippen molar-refractivity contribution in [1.82, 2.24) is 0 Å². The van der Waals surface area contributed by atoms with Crippen LogP contribution in [0.15, 0.2) is 42.5 Å². The molecule has 3 rings (SSSR count). The van der Waals surface area contributed by atoms with E-state index in [0.29, 0.717) is 16.1 Å². The minimum absolute atomic E-state index is 0.131. The van der Waals surface area contributed by atoms with Gasteiger partial charge in [0.05, 0.1) is 4.88 Å². The smallest absolute Gasteiger partial charge is 0.265 e. The molecule has 2 N–H and O–H groups in total. The molecule has 3 nitrogen and oxygen atoms in total. The number of aromatic hydroxyl groups is 1. The molecule has 0 saturated heterocycles. The Morgan fingerprint density at radius 1 is 1.24 bits per heavy atom. The van der Waals surface area contributed by atoms with Crippen LogP contribution in [-0.4, -0.2) is 11.0 Å². The van der Waals surface area contributed by atoms with E-state index >= 15 is 0 Å². The van der Waals surface area contributed by atoms with Crippen LogP contribution in [0.5, 0.6) is 5.75 Å². The Labute approximate surface area is 124 Å². The number of hydrogen-bond donors (Lipinski definition) is 2. The average molecular weight is 301 g/mol. The summed E-state index contributed by atoms with van der Waals surface area (Å²) in [5.41, 5.74) is 1.17. The van der Waals surface area contributed by atoms with Gasteiger partial charge in [-0.05, 0) is 42.6 Å².